The molecule has 8 nitrogen and oxygen atoms in total. The second-order valence-electron chi connectivity index (χ2n) is 15.3. The molecule has 0 amide bonds. The van der Waals surface area contributed by atoms with Gasteiger partial charge in [-0.1, -0.05) is 6.07 Å². The van der Waals surface area contributed by atoms with Crippen molar-refractivity contribution in [2.24, 2.45) is 0 Å². The Labute approximate surface area is 275 Å². The molecule has 0 saturated carbocycles. The molecule has 2 aliphatic carbocycles. The first-order valence-corrected chi connectivity index (χ1v) is 17.0. The van der Waals surface area contributed by atoms with Gasteiger partial charge in [0, 0.05) is 30.8 Å². The zero-order valence-electron chi connectivity index (χ0n) is 29.6. The Bertz CT molecular complexity index is 1320. The normalized spacial score (nSPS) is 22.9. The van der Waals surface area contributed by atoms with Gasteiger partial charge in [-0.3, -0.25) is 0 Å². The van der Waals surface area contributed by atoms with Gasteiger partial charge in [-0.2, -0.15) is 0 Å². The van der Waals surface area contributed by atoms with Gasteiger partial charge < -0.3 is 37.7 Å². The van der Waals surface area contributed by atoms with E-state index in [0.717, 1.165) is 85.0 Å². The maximum Gasteiger partial charge on any atom is 0.498 e. The van der Waals surface area contributed by atoms with Crippen LogP contribution in [0.3, 0.4) is 0 Å². The molecule has 0 bridgehead atoms. The Morgan fingerprint density at radius 2 is 1.09 bits per heavy atom. The van der Waals surface area contributed by atoms with Crippen molar-refractivity contribution in [1.82, 2.24) is 0 Å². The van der Waals surface area contributed by atoms with Gasteiger partial charge in [-0.25, -0.2) is 0 Å². The summed E-state index contributed by atoms with van der Waals surface area (Å²) in [6.45, 7) is 16.9. The zero-order valence-corrected chi connectivity index (χ0v) is 29.6. The van der Waals surface area contributed by atoms with Gasteiger partial charge in [0.05, 0.1) is 28.0 Å². The number of hydrogen-bond acceptors (Lipinski definition) is 8. The van der Waals surface area contributed by atoms with E-state index in [4.69, 9.17) is 37.7 Å². The Balaban J connectivity index is 1.66. The van der Waals surface area contributed by atoms with Gasteiger partial charge >= 0.3 is 7.12 Å². The largest absolute Gasteiger partial charge is 0.498 e. The molecule has 4 aliphatic rings. The summed E-state index contributed by atoms with van der Waals surface area (Å²) < 4.78 is 51.1. The van der Waals surface area contributed by atoms with Crippen LogP contribution in [-0.4, -0.2) is 57.3 Å². The number of fused-ring (bicyclic) bond motifs is 2. The van der Waals surface area contributed by atoms with Crippen molar-refractivity contribution >= 4 is 12.6 Å². The second-order valence-corrected chi connectivity index (χ2v) is 15.3. The molecule has 2 heterocycles. The number of ether oxygens (including phenoxy) is 6. The standard InChI is InChI=1S/C37H53BO8/c1-34(2)35(3,4)44-33(43-34)27-19-23-15-11-13-17-25(23)29(31(27)41-21-39-9)30-26-18-14-12-16-24(26)20-28(32(30)42-22-40-10)38-45-36(5,6)37(7,8)46-38/h19-20,33H,11-18,21-22H2,1-10H3. The molecule has 2 saturated heterocycles. The molecule has 0 atom stereocenters. The molecular formula is C37H53BO8. The van der Waals surface area contributed by atoms with Crippen LogP contribution in [0, 0.1) is 0 Å². The highest BCUT2D eigenvalue weighted by Crippen LogP contribution is 2.53. The van der Waals surface area contributed by atoms with E-state index in [2.05, 4.69) is 67.5 Å². The van der Waals surface area contributed by atoms with Crippen molar-refractivity contribution in [3.8, 4) is 22.6 Å². The molecule has 6 rings (SSSR count). The molecule has 2 aliphatic heterocycles. The summed E-state index contributed by atoms with van der Waals surface area (Å²) in [5.74, 6) is 1.45. The van der Waals surface area contributed by atoms with E-state index >= 15 is 0 Å². The van der Waals surface area contributed by atoms with Crippen LogP contribution >= 0.6 is 0 Å². The third kappa shape index (κ3) is 5.79. The Kier molecular flexibility index (Phi) is 9.09. The molecule has 46 heavy (non-hydrogen) atoms. The highest BCUT2D eigenvalue weighted by atomic mass is 16.7. The lowest BCUT2D eigenvalue weighted by atomic mass is 9.71. The minimum atomic E-state index is -0.603. The molecule has 0 radical (unpaired) electrons. The van der Waals surface area contributed by atoms with Gasteiger partial charge in [0.25, 0.3) is 0 Å². The van der Waals surface area contributed by atoms with Gasteiger partial charge in [0.15, 0.2) is 19.9 Å². The lowest BCUT2D eigenvalue weighted by Crippen LogP contribution is -2.41. The number of hydrogen-bond donors (Lipinski definition) is 0. The average Bonchev–Trinajstić information content (AvgIpc) is 3.36. The third-order valence-electron chi connectivity index (χ3n) is 11.2. The second kappa shape index (κ2) is 12.4. The van der Waals surface area contributed by atoms with E-state index in [9.17, 15) is 0 Å². The maximum atomic E-state index is 6.68. The summed E-state index contributed by atoms with van der Waals surface area (Å²) in [5.41, 5.74) is 7.02. The fraction of sp³-hybridized carbons (Fsp3) is 0.676. The number of aryl methyl sites for hydroxylation is 2. The van der Waals surface area contributed by atoms with E-state index < -0.39 is 35.8 Å². The van der Waals surface area contributed by atoms with Crippen LogP contribution < -0.4 is 14.9 Å². The van der Waals surface area contributed by atoms with Crippen molar-refractivity contribution in [3.05, 3.63) is 39.9 Å². The molecule has 2 aromatic rings. The van der Waals surface area contributed by atoms with E-state index in [-0.39, 0.29) is 13.6 Å². The van der Waals surface area contributed by atoms with Crippen molar-refractivity contribution in [3.63, 3.8) is 0 Å². The van der Waals surface area contributed by atoms with Crippen molar-refractivity contribution in [1.29, 1.82) is 0 Å². The van der Waals surface area contributed by atoms with Gasteiger partial charge in [0.2, 0.25) is 0 Å². The minimum Gasteiger partial charge on any atom is -0.467 e. The quantitative estimate of drug-likeness (QED) is 0.216. The number of methoxy groups -OCH3 is 2. The van der Waals surface area contributed by atoms with Crippen LogP contribution in [0.1, 0.15) is 115 Å². The lowest BCUT2D eigenvalue weighted by Gasteiger charge is -2.32. The summed E-state index contributed by atoms with van der Waals surface area (Å²) >= 11 is 0. The molecular weight excluding hydrogens is 583 g/mol. The van der Waals surface area contributed by atoms with Crippen molar-refractivity contribution in [2.75, 3.05) is 27.8 Å². The summed E-state index contributed by atoms with van der Waals surface area (Å²) in [6, 6.07) is 4.51. The predicted molar refractivity (Wildman–Crippen MR) is 179 cm³/mol. The molecule has 0 unspecified atom stereocenters. The lowest BCUT2D eigenvalue weighted by molar-refractivity contribution is -0.0917. The molecule has 252 valence electrons. The molecule has 2 fully saturated rings. The molecule has 0 spiro atoms. The summed E-state index contributed by atoms with van der Waals surface area (Å²) in [4.78, 5) is 0. The van der Waals surface area contributed by atoms with E-state index in [0.29, 0.717) is 0 Å². The van der Waals surface area contributed by atoms with Crippen LogP contribution in [0.2, 0.25) is 0 Å². The monoisotopic (exact) mass is 636 g/mol. The predicted octanol–water partition coefficient (Wildman–Crippen LogP) is 6.98. The average molecular weight is 637 g/mol. The van der Waals surface area contributed by atoms with Crippen molar-refractivity contribution < 1.29 is 37.7 Å². The zero-order chi connectivity index (χ0) is 33.1. The highest BCUT2D eigenvalue weighted by Gasteiger charge is 2.54. The fourth-order valence-electron chi connectivity index (χ4n) is 7.18. The summed E-state index contributed by atoms with van der Waals surface area (Å²) in [5, 5.41) is 0. The minimum absolute atomic E-state index is 0.0889. The number of rotatable bonds is 9. The van der Waals surface area contributed by atoms with Crippen LogP contribution in [0.4, 0.5) is 0 Å². The van der Waals surface area contributed by atoms with Gasteiger partial charge in [0.1, 0.15) is 11.5 Å². The fourth-order valence-corrected chi connectivity index (χ4v) is 7.18. The first kappa shape index (κ1) is 33.8. The Morgan fingerprint density at radius 1 is 0.630 bits per heavy atom. The van der Waals surface area contributed by atoms with Crippen molar-refractivity contribution in [2.45, 2.75) is 135 Å². The van der Waals surface area contributed by atoms with E-state index in [1.807, 2.05) is 0 Å². The molecule has 2 aromatic carbocycles. The van der Waals surface area contributed by atoms with Crippen LogP contribution in [-0.2, 0) is 53.9 Å². The van der Waals surface area contributed by atoms with Crippen LogP contribution in [0.5, 0.6) is 11.5 Å². The highest BCUT2D eigenvalue weighted by molar-refractivity contribution is 6.63. The first-order chi connectivity index (χ1) is 21.7. The van der Waals surface area contributed by atoms with Gasteiger partial charge in [-0.15, -0.1) is 0 Å². The first-order valence-electron chi connectivity index (χ1n) is 17.0. The topological polar surface area (TPSA) is 73.8 Å². The number of benzene rings is 2. The Morgan fingerprint density at radius 3 is 1.61 bits per heavy atom. The third-order valence-corrected chi connectivity index (χ3v) is 11.2. The molecule has 9 heteroatoms. The SMILES string of the molecule is COCOc1c(B2OC(C)(C)C(C)(C)O2)cc2c(c1-c1c3c(cc(C4OC(C)(C)C(C)(C)O4)c1OCOC)CCCC3)CCCC2. The molecule has 0 N–H and O–H groups in total. The smallest absolute Gasteiger partial charge is 0.467 e. The summed E-state index contributed by atoms with van der Waals surface area (Å²) in [6.07, 6.45) is 7.71. The molecule has 0 aromatic heterocycles. The van der Waals surface area contributed by atoms with Crippen LogP contribution in [0.15, 0.2) is 12.1 Å². The van der Waals surface area contributed by atoms with Gasteiger partial charge in [-0.05, 0) is 135 Å². The van der Waals surface area contributed by atoms with E-state index in [1.54, 1.807) is 14.2 Å². The maximum absolute atomic E-state index is 6.68. The van der Waals surface area contributed by atoms with E-state index in [1.165, 1.54) is 22.3 Å². The van der Waals surface area contributed by atoms with Crippen LogP contribution in [0.25, 0.3) is 11.1 Å². The Hall–Kier alpha value is -2.14. The summed E-state index contributed by atoms with van der Waals surface area (Å²) in [7, 11) is 2.70.